The fraction of sp³-hybridized carbons (Fsp3) is 0.444. The maximum Gasteiger partial charge on any atom is 0.333 e. The van der Waals surface area contributed by atoms with Crippen LogP contribution in [-0.4, -0.2) is 47.3 Å². The number of hydrogen-bond donors (Lipinski definition) is 0. The number of likely N-dealkylation sites (N-methyl/N-ethyl adjacent to an activating group) is 1. The highest BCUT2D eigenvalue weighted by molar-refractivity contribution is 6.06. The molecule has 0 fully saturated rings. The van der Waals surface area contributed by atoms with E-state index >= 15 is 0 Å². The smallest absolute Gasteiger partial charge is 0.307 e. The molecule has 2 heterocycles. The number of benzene rings is 1. The van der Waals surface area contributed by atoms with Gasteiger partial charge in [0.2, 0.25) is 0 Å². The van der Waals surface area contributed by atoms with E-state index in [0.29, 0.717) is 11.2 Å². The van der Waals surface area contributed by atoms with Gasteiger partial charge in [0.05, 0.1) is 6.04 Å². The summed E-state index contributed by atoms with van der Waals surface area (Å²) in [4.78, 5) is 16.9. The second kappa shape index (κ2) is 6.92. The number of aryl methyl sites for hydroxylation is 2. The third-order valence-electron chi connectivity index (χ3n) is 4.48. The van der Waals surface area contributed by atoms with E-state index in [1.165, 1.54) is 13.0 Å². The van der Waals surface area contributed by atoms with Crippen LogP contribution < -0.4 is 4.90 Å². The molecule has 1 atom stereocenters. The summed E-state index contributed by atoms with van der Waals surface area (Å²) in [6, 6.07) is 9.16. The Hall–Kier alpha value is -2.28. The predicted octanol–water partition coefficient (Wildman–Crippen LogP) is 3.11. The van der Waals surface area contributed by atoms with Gasteiger partial charge in [0.15, 0.2) is 5.69 Å². The summed E-state index contributed by atoms with van der Waals surface area (Å²) in [5, 5.41) is 3.83. The van der Waals surface area contributed by atoms with Crippen molar-refractivity contribution >= 4 is 11.6 Å². The topological polar surface area (TPSA) is 41.4 Å². The Labute approximate surface area is 145 Å². The highest BCUT2D eigenvalue weighted by Crippen LogP contribution is 2.32. The molecule has 5 nitrogen and oxygen atoms in total. The number of carbonyl (C=O) groups excluding carboxylic acids is 1. The minimum Gasteiger partial charge on any atom is -0.307 e. The van der Waals surface area contributed by atoms with Crippen molar-refractivity contribution in [2.45, 2.75) is 32.4 Å². The van der Waals surface area contributed by atoms with E-state index in [1.54, 1.807) is 4.90 Å². The lowest BCUT2D eigenvalue weighted by atomic mass is 9.95. The van der Waals surface area contributed by atoms with Gasteiger partial charge >= 0.3 is 6.55 Å². The van der Waals surface area contributed by atoms with Gasteiger partial charge in [0.25, 0.3) is 5.91 Å². The summed E-state index contributed by atoms with van der Waals surface area (Å²) in [5.41, 5.74) is 2.26. The molecule has 7 heteroatoms. The molecule has 1 amide bonds. The zero-order chi connectivity index (χ0) is 18.1. The molecule has 0 saturated carbocycles. The van der Waals surface area contributed by atoms with E-state index < -0.39 is 6.55 Å². The monoisotopic (exact) mass is 348 g/mol. The number of anilines is 1. The molecule has 25 heavy (non-hydrogen) atoms. The Kier molecular flexibility index (Phi) is 4.85. The number of para-hydroxylation sites is 1. The SMILES string of the molecule is Cc1cc(C(=O)N2c3ccccc3CCC2CN(C)C)nn1C(F)F. The lowest BCUT2D eigenvalue weighted by Crippen LogP contribution is -2.48. The van der Waals surface area contributed by atoms with Gasteiger partial charge in [-0.05, 0) is 51.6 Å². The summed E-state index contributed by atoms with van der Waals surface area (Å²) in [6.07, 6.45) is 1.72. The number of carbonyl (C=O) groups is 1. The van der Waals surface area contributed by atoms with Crippen LogP contribution in [0.25, 0.3) is 0 Å². The molecule has 0 saturated heterocycles. The summed E-state index contributed by atoms with van der Waals surface area (Å²) >= 11 is 0. The second-order valence-corrected chi connectivity index (χ2v) is 6.65. The summed E-state index contributed by atoms with van der Waals surface area (Å²) < 4.78 is 26.6. The van der Waals surface area contributed by atoms with Crippen LogP contribution in [0.5, 0.6) is 0 Å². The van der Waals surface area contributed by atoms with Crippen molar-refractivity contribution in [1.29, 1.82) is 0 Å². The molecule has 3 rings (SSSR count). The number of hydrogen-bond acceptors (Lipinski definition) is 3. The van der Waals surface area contributed by atoms with Gasteiger partial charge in [-0.1, -0.05) is 18.2 Å². The zero-order valence-corrected chi connectivity index (χ0v) is 14.6. The van der Waals surface area contributed by atoms with E-state index in [9.17, 15) is 13.6 Å². The Morgan fingerprint density at radius 3 is 2.72 bits per heavy atom. The van der Waals surface area contributed by atoms with Crippen LogP contribution >= 0.6 is 0 Å². The normalized spacial score (nSPS) is 17.2. The largest absolute Gasteiger partial charge is 0.333 e. The van der Waals surface area contributed by atoms with Crippen molar-refractivity contribution in [1.82, 2.24) is 14.7 Å². The minimum atomic E-state index is -2.76. The number of nitrogens with zero attached hydrogens (tertiary/aromatic N) is 4. The third-order valence-corrected chi connectivity index (χ3v) is 4.48. The van der Waals surface area contributed by atoms with Gasteiger partial charge in [-0.25, -0.2) is 4.68 Å². The van der Waals surface area contributed by atoms with E-state index in [4.69, 9.17) is 0 Å². The van der Waals surface area contributed by atoms with E-state index in [1.807, 2.05) is 43.3 Å². The summed E-state index contributed by atoms with van der Waals surface area (Å²) in [5.74, 6) is -0.332. The van der Waals surface area contributed by atoms with Crippen LogP contribution in [0.15, 0.2) is 30.3 Å². The molecular formula is C18H22F2N4O. The molecule has 1 unspecified atom stereocenters. The van der Waals surface area contributed by atoms with Gasteiger partial charge in [0, 0.05) is 17.9 Å². The first kappa shape index (κ1) is 17.5. The first-order valence-electron chi connectivity index (χ1n) is 8.29. The lowest BCUT2D eigenvalue weighted by molar-refractivity contribution is 0.0539. The molecule has 0 aliphatic carbocycles. The average molecular weight is 348 g/mol. The predicted molar refractivity (Wildman–Crippen MR) is 92.1 cm³/mol. The van der Waals surface area contributed by atoms with Crippen LogP contribution in [0.4, 0.5) is 14.5 Å². The van der Waals surface area contributed by atoms with Crippen LogP contribution in [0, 0.1) is 6.92 Å². The van der Waals surface area contributed by atoms with E-state index in [-0.39, 0.29) is 23.3 Å². The Morgan fingerprint density at radius 2 is 2.08 bits per heavy atom. The standard InChI is InChI=1S/C18H22F2N4O/c1-12-10-15(21-24(12)18(19)20)17(25)23-14(11-22(2)3)9-8-13-6-4-5-7-16(13)23/h4-7,10,14,18H,8-9,11H2,1-3H3. The van der Waals surface area contributed by atoms with Crippen LogP contribution in [0.3, 0.4) is 0 Å². The van der Waals surface area contributed by atoms with Crippen molar-refractivity contribution in [3.63, 3.8) is 0 Å². The second-order valence-electron chi connectivity index (χ2n) is 6.65. The molecule has 0 bridgehead atoms. The quantitative estimate of drug-likeness (QED) is 0.853. The number of fused-ring (bicyclic) bond motifs is 1. The summed E-state index contributed by atoms with van der Waals surface area (Å²) in [6.45, 7) is -0.529. The van der Waals surface area contributed by atoms with Crippen molar-refractivity contribution in [2.75, 3.05) is 25.5 Å². The van der Waals surface area contributed by atoms with Crippen molar-refractivity contribution in [3.05, 3.63) is 47.3 Å². The van der Waals surface area contributed by atoms with Crippen molar-refractivity contribution in [3.8, 4) is 0 Å². The first-order valence-corrected chi connectivity index (χ1v) is 8.29. The fourth-order valence-electron chi connectivity index (χ4n) is 3.39. The first-order chi connectivity index (χ1) is 11.9. The Balaban J connectivity index is 2.00. The number of aromatic nitrogens is 2. The van der Waals surface area contributed by atoms with Crippen LogP contribution in [-0.2, 0) is 6.42 Å². The highest BCUT2D eigenvalue weighted by Gasteiger charge is 2.33. The van der Waals surface area contributed by atoms with E-state index in [0.717, 1.165) is 24.1 Å². The maximum absolute atomic E-state index is 13.1. The van der Waals surface area contributed by atoms with Gasteiger partial charge in [-0.15, -0.1) is 0 Å². The molecule has 0 radical (unpaired) electrons. The molecule has 1 aromatic carbocycles. The number of halogens is 2. The molecule has 1 aliphatic rings. The molecule has 134 valence electrons. The Bertz CT molecular complexity index is 772. The van der Waals surface area contributed by atoms with E-state index in [2.05, 4.69) is 5.10 Å². The van der Waals surface area contributed by atoms with Gasteiger partial charge in [-0.2, -0.15) is 13.9 Å². The molecular weight excluding hydrogens is 326 g/mol. The lowest BCUT2D eigenvalue weighted by Gasteiger charge is -2.38. The average Bonchev–Trinajstić information content (AvgIpc) is 2.95. The number of rotatable bonds is 4. The fourth-order valence-corrected chi connectivity index (χ4v) is 3.39. The Morgan fingerprint density at radius 1 is 1.36 bits per heavy atom. The maximum atomic E-state index is 13.1. The number of amides is 1. The minimum absolute atomic E-state index is 0.0191. The molecule has 1 aliphatic heterocycles. The van der Waals surface area contributed by atoms with Crippen molar-refractivity contribution in [2.24, 2.45) is 0 Å². The molecule has 0 N–H and O–H groups in total. The highest BCUT2D eigenvalue weighted by atomic mass is 19.3. The third kappa shape index (κ3) is 3.42. The zero-order valence-electron chi connectivity index (χ0n) is 14.6. The van der Waals surface area contributed by atoms with Gasteiger partial charge < -0.3 is 9.80 Å². The molecule has 1 aromatic heterocycles. The van der Waals surface area contributed by atoms with Gasteiger partial charge in [-0.3, -0.25) is 4.79 Å². The number of alkyl halides is 2. The summed E-state index contributed by atoms with van der Waals surface area (Å²) in [7, 11) is 3.91. The molecule has 2 aromatic rings. The van der Waals surface area contributed by atoms with Gasteiger partial charge in [0.1, 0.15) is 0 Å². The molecule has 0 spiro atoms. The van der Waals surface area contributed by atoms with Crippen molar-refractivity contribution < 1.29 is 13.6 Å². The van der Waals surface area contributed by atoms with Crippen LogP contribution in [0.1, 0.15) is 34.7 Å². The van der Waals surface area contributed by atoms with Crippen LogP contribution in [0.2, 0.25) is 0 Å².